The predicted octanol–water partition coefficient (Wildman–Crippen LogP) is 2.18. The van der Waals surface area contributed by atoms with Gasteiger partial charge in [0.1, 0.15) is 0 Å². The number of methoxy groups -OCH3 is 2. The van der Waals surface area contributed by atoms with Crippen LogP contribution in [0.4, 0.5) is 11.4 Å². The average Bonchev–Trinajstić information content (AvgIpc) is 2.93. The van der Waals surface area contributed by atoms with Crippen molar-refractivity contribution in [3.05, 3.63) is 12.1 Å². The van der Waals surface area contributed by atoms with Crippen LogP contribution in [0.25, 0.3) is 0 Å². The molecule has 0 bridgehead atoms. The van der Waals surface area contributed by atoms with E-state index in [9.17, 15) is 0 Å². The molecule has 1 aliphatic heterocycles. The van der Waals surface area contributed by atoms with E-state index >= 15 is 0 Å². The molecule has 2 rings (SSSR count). The minimum atomic E-state index is 0.590. The smallest absolute Gasteiger partial charge is 0.162 e. The molecule has 1 aromatic rings. The number of nitrogen functional groups attached to an aromatic ring is 1. The van der Waals surface area contributed by atoms with E-state index in [1.807, 2.05) is 6.07 Å². The van der Waals surface area contributed by atoms with Gasteiger partial charge in [0, 0.05) is 24.7 Å². The second-order valence-electron chi connectivity index (χ2n) is 5.10. The van der Waals surface area contributed by atoms with Crippen LogP contribution < -0.4 is 20.5 Å². The van der Waals surface area contributed by atoms with Gasteiger partial charge in [-0.2, -0.15) is 0 Å². The third kappa shape index (κ3) is 3.10. The minimum Gasteiger partial charge on any atom is -0.493 e. The number of rotatable bonds is 6. The Morgan fingerprint density at radius 1 is 1.30 bits per heavy atom. The summed E-state index contributed by atoms with van der Waals surface area (Å²) in [5.41, 5.74) is 7.65. The first-order valence-electron chi connectivity index (χ1n) is 7.19. The number of nitrogens with zero attached hydrogens (tertiary/aromatic N) is 1. The van der Waals surface area contributed by atoms with E-state index in [0.717, 1.165) is 18.8 Å². The Balaban J connectivity index is 2.05. The second-order valence-corrected chi connectivity index (χ2v) is 5.10. The molecule has 1 saturated heterocycles. The van der Waals surface area contributed by atoms with Crippen LogP contribution in [-0.4, -0.2) is 44.8 Å². The summed E-state index contributed by atoms with van der Waals surface area (Å²) in [4.78, 5) is 2.50. The lowest BCUT2D eigenvalue weighted by Crippen LogP contribution is -2.34. The van der Waals surface area contributed by atoms with Crippen LogP contribution in [0, 0.1) is 0 Å². The molecule has 0 amide bonds. The molecule has 1 unspecified atom stereocenters. The van der Waals surface area contributed by atoms with Crippen molar-refractivity contribution in [2.75, 3.05) is 44.9 Å². The Bertz CT molecular complexity index is 451. The van der Waals surface area contributed by atoms with E-state index in [4.69, 9.17) is 15.2 Å². The van der Waals surface area contributed by atoms with Crippen molar-refractivity contribution in [3.63, 3.8) is 0 Å². The Morgan fingerprint density at radius 3 is 2.65 bits per heavy atom. The minimum absolute atomic E-state index is 0.590. The summed E-state index contributed by atoms with van der Waals surface area (Å²) in [6.07, 6.45) is 2.52. The van der Waals surface area contributed by atoms with Crippen molar-refractivity contribution < 1.29 is 9.47 Å². The monoisotopic (exact) mass is 279 g/mol. The standard InChI is InChI=1S/C15H25N3O2/c1-4-18-7-5-6-11(18)10-17-13-9-15(20-3)14(19-2)8-12(13)16/h8-9,11,17H,4-7,10,16H2,1-3H3. The molecule has 1 atom stereocenters. The first-order chi connectivity index (χ1) is 9.69. The SMILES string of the molecule is CCN1CCCC1CNc1cc(OC)c(OC)cc1N. The van der Waals surface area contributed by atoms with Gasteiger partial charge < -0.3 is 20.5 Å². The first kappa shape index (κ1) is 14.8. The molecular weight excluding hydrogens is 254 g/mol. The summed E-state index contributed by atoms with van der Waals surface area (Å²) < 4.78 is 10.6. The summed E-state index contributed by atoms with van der Waals surface area (Å²) in [6, 6.07) is 4.29. The molecule has 0 radical (unpaired) electrons. The fraction of sp³-hybridized carbons (Fsp3) is 0.600. The third-order valence-corrected chi connectivity index (χ3v) is 3.99. The molecule has 112 valence electrons. The van der Waals surface area contributed by atoms with Crippen LogP contribution >= 0.6 is 0 Å². The van der Waals surface area contributed by atoms with E-state index in [2.05, 4.69) is 17.1 Å². The largest absolute Gasteiger partial charge is 0.493 e. The van der Waals surface area contributed by atoms with Gasteiger partial charge >= 0.3 is 0 Å². The molecule has 5 heteroatoms. The quantitative estimate of drug-likeness (QED) is 0.782. The van der Waals surface area contributed by atoms with Crippen molar-refractivity contribution in [3.8, 4) is 11.5 Å². The highest BCUT2D eigenvalue weighted by atomic mass is 16.5. The van der Waals surface area contributed by atoms with E-state index in [0.29, 0.717) is 23.2 Å². The summed E-state index contributed by atoms with van der Waals surface area (Å²) in [5, 5.41) is 3.44. The lowest BCUT2D eigenvalue weighted by molar-refractivity contribution is 0.277. The van der Waals surface area contributed by atoms with Gasteiger partial charge in [0.25, 0.3) is 0 Å². The molecule has 0 aliphatic carbocycles. The summed E-state index contributed by atoms with van der Waals surface area (Å²) in [7, 11) is 3.25. The topological polar surface area (TPSA) is 59.8 Å². The first-order valence-corrected chi connectivity index (χ1v) is 7.19. The van der Waals surface area contributed by atoms with E-state index < -0.39 is 0 Å². The highest BCUT2D eigenvalue weighted by Crippen LogP contribution is 2.35. The second kappa shape index (κ2) is 6.70. The number of ether oxygens (including phenoxy) is 2. The number of anilines is 2. The molecule has 3 N–H and O–H groups in total. The van der Waals surface area contributed by atoms with Crippen LogP contribution in [-0.2, 0) is 0 Å². The van der Waals surface area contributed by atoms with Gasteiger partial charge in [0.2, 0.25) is 0 Å². The zero-order valence-electron chi connectivity index (χ0n) is 12.6. The Hall–Kier alpha value is -1.62. The maximum atomic E-state index is 6.06. The molecule has 1 fully saturated rings. The Morgan fingerprint density at radius 2 is 2.00 bits per heavy atom. The number of likely N-dealkylation sites (tertiary alicyclic amines) is 1. The van der Waals surface area contributed by atoms with Gasteiger partial charge in [-0.15, -0.1) is 0 Å². The van der Waals surface area contributed by atoms with Crippen LogP contribution in [0.2, 0.25) is 0 Å². The third-order valence-electron chi connectivity index (χ3n) is 3.99. The molecule has 0 spiro atoms. The van der Waals surface area contributed by atoms with Gasteiger partial charge in [0.05, 0.1) is 25.6 Å². The average molecular weight is 279 g/mol. The molecular formula is C15H25N3O2. The van der Waals surface area contributed by atoms with Gasteiger partial charge in [0.15, 0.2) is 11.5 Å². The maximum absolute atomic E-state index is 6.06. The van der Waals surface area contributed by atoms with E-state index in [1.165, 1.54) is 19.4 Å². The lowest BCUT2D eigenvalue weighted by Gasteiger charge is -2.24. The Kier molecular flexibility index (Phi) is 4.95. The highest BCUT2D eigenvalue weighted by molar-refractivity contribution is 5.72. The van der Waals surface area contributed by atoms with Crippen LogP contribution in [0.1, 0.15) is 19.8 Å². The number of nitrogens with two attached hydrogens (primary N) is 1. The van der Waals surface area contributed by atoms with Crippen molar-refractivity contribution in [1.29, 1.82) is 0 Å². The zero-order chi connectivity index (χ0) is 14.5. The molecule has 1 aromatic carbocycles. The summed E-state index contributed by atoms with van der Waals surface area (Å²) >= 11 is 0. The van der Waals surface area contributed by atoms with Crippen molar-refractivity contribution in [1.82, 2.24) is 4.90 Å². The number of nitrogens with one attached hydrogen (secondary N) is 1. The highest BCUT2D eigenvalue weighted by Gasteiger charge is 2.22. The van der Waals surface area contributed by atoms with Crippen LogP contribution in [0.3, 0.4) is 0 Å². The Labute approximate surface area is 121 Å². The van der Waals surface area contributed by atoms with Crippen molar-refractivity contribution in [2.24, 2.45) is 0 Å². The van der Waals surface area contributed by atoms with Gasteiger partial charge in [-0.1, -0.05) is 6.92 Å². The number of hydrogen-bond donors (Lipinski definition) is 2. The fourth-order valence-electron chi connectivity index (χ4n) is 2.82. The molecule has 5 nitrogen and oxygen atoms in total. The van der Waals surface area contributed by atoms with Gasteiger partial charge in [-0.3, -0.25) is 4.90 Å². The summed E-state index contributed by atoms with van der Waals surface area (Å²) in [6.45, 7) is 5.43. The maximum Gasteiger partial charge on any atom is 0.162 e. The fourth-order valence-corrected chi connectivity index (χ4v) is 2.82. The predicted molar refractivity (Wildman–Crippen MR) is 82.7 cm³/mol. The van der Waals surface area contributed by atoms with Crippen molar-refractivity contribution in [2.45, 2.75) is 25.8 Å². The molecule has 20 heavy (non-hydrogen) atoms. The van der Waals surface area contributed by atoms with Crippen molar-refractivity contribution >= 4 is 11.4 Å². The molecule has 1 heterocycles. The number of likely N-dealkylation sites (N-methyl/N-ethyl adjacent to an activating group) is 1. The van der Waals surface area contributed by atoms with Crippen LogP contribution in [0.5, 0.6) is 11.5 Å². The van der Waals surface area contributed by atoms with E-state index in [-0.39, 0.29) is 0 Å². The van der Waals surface area contributed by atoms with E-state index in [1.54, 1.807) is 20.3 Å². The number of benzene rings is 1. The van der Waals surface area contributed by atoms with Crippen LogP contribution in [0.15, 0.2) is 12.1 Å². The van der Waals surface area contributed by atoms with Gasteiger partial charge in [-0.25, -0.2) is 0 Å². The summed E-state index contributed by atoms with van der Waals surface area (Å²) in [5.74, 6) is 1.36. The molecule has 0 saturated carbocycles. The molecule has 0 aromatic heterocycles. The zero-order valence-corrected chi connectivity index (χ0v) is 12.6. The molecule has 1 aliphatic rings. The normalized spacial score (nSPS) is 19.1. The number of hydrogen-bond acceptors (Lipinski definition) is 5. The lowest BCUT2D eigenvalue weighted by atomic mass is 10.2. The van der Waals surface area contributed by atoms with Gasteiger partial charge in [-0.05, 0) is 25.9 Å².